The van der Waals surface area contributed by atoms with Gasteiger partial charge in [0.05, 0.1) is 5.60 Å². The van der Waals surface area contributed by atoms with Crippen LogP contribution in [0.3, 0.4) is 0 Å². The summed E-state index contributed by atoms with van der Waals surface area (Å²) in [5.74, 6) is 0. The van der Waals surface area contributed by atoms with E-state index in [0.29, 0.717) is 0 Å². The van der Waals surface area contributed by atoms with Crippen LogP contribution in [0.4, 0.5) is 0 Å². The maximum absolute atomic E-state index is 6.60. The Labute approximate surface area is 127 Å². The van der Waals surface area contributed by atoms with Crippen LogP contribution in [0.5, 0.6) is 0 Å². The van der Waals surface area contributed by atoms with Gasteiger partial charge < -0.3 is 10.5 Å². The normalized spacial score (nSPS) is 20.6. The van der Waals surface area contributed by atoms with Crippen LogP contribution in [0.15, 0.2) is 12.1 Å². The molecule has 1 saturated carbocycles. The molecule has 2 N–H and O–H groups in total. The zero-order valence-electron chi connectivity index (χ0n) is 13.0. The summed E-state index contributed by atoms with van der Waals surface area (Å²) in [6.07, 6.45) is 9.54. The Kier molecular flexibility index (Phi) is 6.06. The Hall–Kier alpha value is -0.380. The number of nitrogens with two attached hydrogens (primary N) is 1. The lowest BCUT2D eigenvalue weighted by molar-refractivity contribution is -0.0681. The van der Waals surface area contributed by atoms with Crippen LogP contribution >= 0.6 is 11.3 Å². The fraction of sp³-hybridized carbons (Fsp3) is 0.765. The topological polar surface area (TPSA) is 35.2 Å². The van der Waals surface area contributed by atoms with Crippen molar-refractivity contribution in [2.45, 2.75) is 76.9 Å². The average Bonchev–Trinajstić information content (AvgIpc) is 2.76. The summed E-state index contributed by atoms with van der Waals surface area (Å²) in [6.45, 7) is 5.08. The van der Waals surface area contributed by atoms with Gasteiger partial charge in [-0.3, -0.25) is 0 Å². The average molecular weight is 295 g/mol. The van der Waals surface area contributed by atoms with E-state index in [1.165, 1.54) is 35.4 Å². The lowest BCUT2D eigenvalue weighted by Crippen LogP contribution is -2.51. The maximum Gasteiger partial charge on any atom is 0.0836 e. The standard InChI is InChI=1S/C17H29NOS/c1-3-14-9-10-15(20-14)13-16(18)17(19-4-2)11-7-5-6-8-12-17/h9-10,16H,3-8,11-13,18H2,1-2H3. The van der Waals surface area contributed by atoms with E-state index >= 15 is 0 Å². The Bertz CT molecular complexity index is 393. The van der Waals surface area contributed by atoms with Crippen LogP contribution in [0.2, 0.25) is 0 Å². The molecule has 1 aliphatic carbocycles. The Balaban J connectivity index is 2.07. The molecule has 0 bridgehead atoms. The van der Waals surface area contributed by atoms with Crippen molar-refractivity contribution in [3.63, 3.8) is 0 Å². The highest BCUT2D eigenvalue weighted by molar-refractivity contribution is 7.11. The third-order valence-corrected chi connectivity index (χ3v) is 5.80. The van der Waals surface area contributed by atoms with E-state index in [0.717, 1.165) is 32.3 Å². The Morgan fingerprint density at radius 2 is 1.80 bits per heavy atom. The molecule has 0 saturated heterocycles. The molecule has 0 amide bonds. The molecule has 1 heterocycles. The van der Waals surface area contributed by atoms with Crippen molar-refractivity contribution in [3.8, 4) is 0 Å². The minimum Gasteiger partial charge on any atom is -0.374 e. The van der Waals surface area contributed by atoms with Crippen molar-refractivity contribution in [1.29, 1.82) is 0 Å². The van der Waals surface area contributed by atoms with Crippen LogP contribution in [-0.4, -0.2) is 18.2 Å². The molecular weight excluding hydrogens is 266 g/mol. The van der Waals surface area contributed by atoms with Crippen molar-refractivity contribution in [2.24, 2.45) is 5.73 Å². The first-order valence-corrected chi connectivity index (χ1v) is 8.99. The molecule has 0 spiro atoms. The SMILES string of the molecule is CCOC1(C(N)Cc2ccc(CC)s2)CCCCCC1. The molecule has 0 radical (unpaired) electrons. The molecule has 1 atom stereocenters. The molecular formula is C17H29NOS. The van der Waals surface area contributed by atoms with Crippen LogP contribution in [0.1, 0.15) is 62.1 Å². The van der Waals surface area contributed by atoms with Crippen molar-refractivity contribution in [1.82, 2.24) is 0 Å². The molecule has 1 aromatic rings. The van der Waals surface area contributed by atoms with Gasteiger partial charge in [-0.05, 0) is 44.7 Å². The number of ether oxygens (including phenoxy) is 1. The van der Waals surface area contributed by atoms with Gasteiger partial charge in [0.25, 0.3) is 0 Å². The lowest BCUT2D eigenvalue weighted by Gasteiger charge is -2.38. The fourth-order valence-corrected chi connectivity index (χ4v) is 4.38. The number of rotatable bonds is 6. The lowest BCUT2D eigenvalue weighted by atomic mass is 9.84. The van der Waals surface area contributed by atoms with Crippen molar-refractivity contribution in [2.75, 3.05) is 6.61 Å². The van der Waals surface area contributed by atoms with Gasteiger partial charge in [-0.15, -0.1) is 11.3 Å². The van der Waals surface area contributed by atoms with Crippen molar-refractivity contribution in [3.05, 3.63) is 21.9 Å². The zero-order chi connectivity index (χ0) is 14.4. The monoisotopic (exact) mass is 295 g/mol. The van der Waals surface area contributed by atoms with E-state index < -0.39 is 0 Å². The largest absolute Gasteiger partial charge is 0.374 e. The fourth-order valence-electron chi connectivity index (χ4n) is 3.36. The van der Waals surface area contributed by atoms with E-state index in [1.54, 1.807) is 0 Å². The molecule has 114 valence electrons. The van der Waals surface area contributed by atoms with E-state index in [-0.39, 0.29) is 11.6 Å². The Morgan fingerprint density at radius 1 is 1.15 bits per heavy atom. The zero-order valence-corrected chi connectivity index (χ0v) is 13.8. The van der Waals surface area contributed by atoms with E-state index in [4.69, 9.17) is 10.5 Å². The molecule has 1 aliphatic rings. The van der Waals surface area contributed by atoms with Gasteiger partial charge in [-0.2, -0.15) is 0 Å². The molecule has 1 unspecified atom stereocenters. The van der Waals surface area contributed by atoms with Gasteiger partial charge in [0.15, 0.2) is 0 Å². The molecule has 20 heavy (non-hydrogen) atoms. The second-order valence-corrected chi connectivity index (χ2v) is 7.20. The van der Waals surface area contributed by atoms with Gasteiger partial charge in [0.2, 0.25) is 0 Å². The summed E-state index contributed by atoms with van der Waals surface area (Å²) < 4.78 is 6.20. The van der Waals surface area contributed by atoms with E-state index in [2.05, 4.69) is 26.0 Å². The summed E-state index contributed by atoms with van der Waals surface area (Å²) in [6, 6.07) is 4.62. The third kappa shape index (κ3) is 3.84. The van der Waals surface area contributed by atoms with Crippen LogP contribution in [-0.2, 0) is 17.6 Å². The van der Waals surface area contributed by atoms with Crippen LogP contribution in [0, 0.1) is 0 Å². The predicted molar refractivity (Wildman–Crippen MR) is 87.4 cm³/mol. The van der Waals surface area contributed by atoms with E-state index in [1.807, 2.05) is 11.3 Å². The molecule has 1 aromatic heterocycles. The summed E-state index contributed by atoms with van der Waals surface area (Å²) in [5, 5.41) is 0. The predicted octanol–water partition coefficient (Wildman–Crippen LogP) is 4.31. The number of aryl methyl sites for hydroxylation is 1. The number of hydrogen-bond acceptors (Lipinski definition) is 3. The number of hydrogen-bond donors (Lipinski definition) is 1. The first-order valence-electron chi connectivity index (χ1n) is 8.17. The minimum absolute atomic E-state index is 0.0817. The quantitative estimate of drug-likeness (QED) is 0.794. The highest BCUT2D eigenvalue weighted by Gasteiger charge is 2.37. The second-order valence-electron chi connectivity index (χ2n) is 5.94. The first kappa shape index (κ1) is 16.0. The van der Waals surface area contributed by atoms with Gasteiger partial charge in [-0.25, -0.2) is 0 Å². The van der Waals surface area contributed by atoms with E-state index in [9.17, 15) is 0 Å². The maximum atomic E-state index is 6.60. The van der Waals surface area contributed by atoms with Crippen LogP contribution < -0.4 is 5.73 Å². The van der Waals surface area contributed by atoms with Gasteiger partial charge >= 0.3 is 0 Å². The summed E-state index contributed by atoms with van der Waals surface area (Å²) in [5.41, 5.74) is 6.52. The van der Waals surface area contributed by atoms with Gasteiger partial charge in [0.1, 0.15) is 0 Å². The van der Waals surface area contributed by atoms with Gasteiger partial charge in [-0.1, -0.05) is 32.6 Å². The third-order valence-electron chi connectivity index (χ3n) is 4.54. The summed E-state index contributed by atoms with van der Waals surface area (Å²) in [7, 11) is 0. The van der Waals surface area contributed by atoms with Crippen LogP contribution in [0.25, 0.3) is 0 Å². The molecule has 2 rings (SSSR count). The molecule has 0 aromatic carbocycles. The van der Waals surface area contributed by atoms with Crippen molar-refractivity contribution < 1.29 is 4.74 Å². The molecule has 3 heteroatoms. The highest BCUT2D eigenvalue weighted by atomic mass is 32.1. The first-order chi connectivity index (χ1) is 9.70. The Morgan fingerprint density at radius 3 is 2.35 bits per heavy atom. The molecule has 1 fully saturated rings. The second kappa shape index (κ2) is 7.58. The minimum atomic E-state index is -0.0817. The summed E-state index contributed by atoms with van der Waals surface area (Å²) in [4.78, 5) is 2.87. The van der Waals surface area contributed by atoms with Crippen molar-refractivity contribution >= 4 is 11.3 Å². The highest BCUT2D eigenvalue weighted by Crippen LogP contribution is 2.34. The van der Waals surface area contributed by atoms with Gasteiger partial charge in [0, 0.05) is 22.4 Å². The molecule has 2 nitrogen and oxygen atoms in total. The molecule has 0 aliphatic heterocycles. The smallest absolute Gasteiger partial charge is 0.0836 e. The number of thiophene rings is 1. The summed E-state index contributed by atoms with van der Waals surface area (Å²) >= 11 is 1.91.